The van der Waals surface area contributed by atoms with Crippen LogP contribution in [0.3, 0.4) is 0 Å². The lowest BCUT2D eigenvalue weighted by Crippen LogP contribution is -2.18. The molecule has 0 radical (unpaired) electrons. The number of ether oxygens (including phenoxy) is 1. The van der Waals surface area contributed by atoms with E-state index >= 15 is 0 Å². The number of rotatable bonds is 5. The predicted octanol–water partition coefficient (Wildman–Crippen LogP) is 4.77. The maximum Gasteiger partial charge on any atom is 0.250 e. The van der Waals surface area contributed by atoms with Crippen LogP contribution in [0, 0.1) is 13.8 Å². The van der Waals surface area contributed by atoms with Crippen LogP contribution in [0.2, 0.25) is 10.0 Å². The first-order valence-electron chi connectivity index (χ1n) is 6.84. The molecule has 0 aliphatic rings. The Morgan fingerprint density at radius 2 is 1.91 bits per heavy atom. The molecule has 0 bridgehead atoms. The van der Waals surface area contributed by atoms with Crippen molar-refractivity contribution in [2.75, 3.05) is 11.9 Å². The topological polar surface area (TPSA) is 38.3 Å². The highest BCUT2D eigenvalue weighted by Crippen LogP contribution is 2.25. The number of halogens is 2. The Labute approximate surface area is 140 Å². The first-order chi connectivity index (χ1) is 10.5. The molecule has 2 aromatic rings. The highest BCUT2D eigenvalue weighted by molar-refractivity contribution is 6.36. The second-order valence-corrected chi connectivity index (χ2v) is 5.94. The van der Waals surface area contributed by atoms with Gasteiger partial charge in [0.2, 0.25) is 5.91 Å². The van der Waals surface area contributed by atoms with Gasteiger partial charge < -0.3 is 10.1 Å². The van der Waals surface area contributed by atoms with Gasteiger partial charge in [0.1, 0.15) is 6.61 Å². The second kappa shape index (κ2) is 7.63. The van der Waals surface area contributed by atoms with Gasteiger partial charge in [-0.1, -0.05) is 47.0 Å². The van der Waals surface area contributed by atoms with Gasteiger partial charge in [-0.25, -0.2) is 0 Å². The summed E-state index contributed by atoms with van der Waals surface area (Å²) in [4.78, 5) is 11.9. The maximum atomic E-state index is 11.9. The van der Waals surface area contributed by atoms with Crippen molar-refractivity contribution in [1.29, 1.82) is 0 Å². The molecule has 2 rings (SSSR count). The predicted molar refractivity (Wildman–Crippen MR) is 90.7 cm³/mol. The summed E-state index contributed by atoms with van der Waals surface area (Å²) < 4.78 is 5.46. The van der Waals surface area contributed by atoms with Gasteiger partial charge in [0.15, 0.2) is 0 Å². The highest BCUT2D eigenvalue weighted by atomic mass is 35.5. The largest absolute Gasteiger partial charge is 0.367 e. The third-order valence-corrected chi connectivity index (χ3v) is 3.74. The lowest BCUT2D eigenvalue weighted by atomic mass is 10.1. The fourth-order valence-corrected chi connectivity index (χ4v) is 2.49. The summed E-state index contributed by atoms with van der Waals surface area (Å²) in [5.41, 5.74) is 3.95. The lowest BCUT2D eigenvalue weighted by Gasteiger charge is -2.10. The third-order valence-electron chi connectivity index (χ3n) is 3.19. The van der Waals surface area contributed by atoms with Crippen LogP contribution in [0.1, 0.15) is 16.7 Å². The summed E-state index contributed by atoms with van der Waals surface area (Å²) in [7, 11) is 0. The van der Waals surface area contributed by atoms with E-state index in [1.807, 2.05) is 26.0 Å². The van der Waals surface area contributed by atoms with E-state index in [1.54, 1.807) is 18.2 Å². The van der Waals surface area contributed by atoms with Crippen LogP contribution < -0.4 is 5.32 Å². The molecular weight excluding hydrogens is 321 g/mol. The number of hydrogen-bond donors (Lipinski definition) is 1. The number of aryl methyl sites for hydroxylation is 2. The van der Waals surface area contributed by atoms with Crippen LogP contribution in [0.4, 0.5) is 5.69 Å². The molecule has 0 heterocycles. The van der Waals surface area contributed by atoms with Crippen LogP contribution in [-0.2, 0) is 16.1 Å². The van der Waals surface area contributed by atoms with Crippen LogP contribution >= 0.6 is 23.2 Å². The Balaban J connectivity index is 1.85. The molecule has 0 aliphatic heterocycles. The molecule has 0 saturated heterocycles. The zero-order valence-corrected chi connectivity index (χ0v) is 14.0. The zero-order chi connectivity index (χ0) is 16.1. The number of nitrogens with one attached hydrogen (secondary N) is 1. The molecule has 1 N–H and O–H groups in total. The van der Waals surface area contributed by atoms with Gasteiger partial charge in [0.05, 0.1) is 17.3 Å². The van der Waals surface area contributed by atoms with E-state index in [-0.39, 0.29) is 12.5 Å². The Morgan fingerprint density at radius 3 is 2.59 bits per heavy atom. The van der Waals surface area contributed by atoms with Gasteiger partial charge in [-0.3, -0.25) is 4.79 Å². The third kappa shape index (κ3) is 4.73. The minimum atomic E-state index is -0.256. The molecule has 0 spiro atoms. The smallest absolute Gasteiger partial charge is 0.250 e. The molecule has 0 saturated carbocycles. The molecule has 3 nitrogen and oxygen atoms in total. The van der Waals surface area contributed by atoms with Gasteiger partial charge in [-0.2, -0.15) is 0 Å². The van der Waals surface area contributed by atoms with E-state index in [2.05, 4.69) is 11.4 Å². The van der Waals surface area contributed by atoms with Gasteiger partial charge in [-0.15, -0.1) is 0 Å². The van der Waals surface area contributed by atoms with Crippen molar-refractivity contribution >= 4 is 34.8 Å². The number of benzene rings is 2. The second-order valence-electron chi connectivity index (χ2n) is 5.10. The average molecular weight is 338 g/mol. The summed E-state index contributed by atoms with van der Waals surface area (Å²) in [5, 5.41) is 3.61. The molecule has 0 atom stereocenters. The fourth-order valence-electron chi connectivity index (χ4n) is 2.04. The number of carbonyl (C=O) groups excluding carboxylic acids is 1. The molecule has 116 valence electrons. The van der Waals surface area contributed by atoms with Crippen molar-refractivity contribution in [1.82, 2.24) is 0 Å². The van der Waals surface area contributed by atoms with Gasteiger partial charge >= 0.3 is 0 Å². The Morgan fingerprint density at radius 1 is 1.14 bits per heavy atom. The zero-order valence-electron chi connectivity index (χ0n) is 12.5. The summed E-state index contributed by atoms with van der Waals surface area (Å²) in [5.74, 6) is -0.256. The summed E-state index contributed by atoms with van der Waals surface area (Å²) in [6.07, 6.45) is 0. The van der Waals surface area contributed by atoms with Crippen molar-refractivity contribution in [3.8, 4) is 0 Å². The van der Waals surface area contributed by atoms with Crippen molar-refractivity contribution in [2.24, 2.45) is 0 Å². The van der Waals surface area contributed by atoms with Crippen LogP contribution in [-0.4, -0.2) is 12.5 Å². The Bertz CT molecular complexity index is 686. The number of carbonyl (C=O) groups is 1. The van der Waals surface area contributed by atoms with Crippen molar-refractivity contribution in [3.63, 3.8) is 0 Å². The van der Waals surface area contributed by atoms with E-state index in [0.717, 1.165) is 11.1 Å². The minimum absolute atomic E-state index is 0.0354. The van der Waals surface area contributed by atoms with Crippen LogP contribution in [0.5, 0.6) is 0 Å². The van der Waals surface area contributed by atoms with Crippen molar-refractivity contribution in [3.05, 3.63) is 63.1 Å². The Hall–Kier alpha value is -1.55. The quantitative estimate of drug-likeness (QED) is 0.853. The summed E-state index contributed by atoms with van der Waals surface area (Å²) in [6.45, 7) is 4.43. The monoisotopic (exact) mass is 337 g/mol. The average Bonchev–Trinajstić information content (AvgIpc) is 2.44. The molecule has 5 heteroatoms. The molecule has 22 heavy (non-hydrogen) atoms. The summed E-state index contributed by atoms with van der Waals surface area (Å²) >= 11 is 11.8. The lowest BCUT2D eigenvalue weighted by molar-refractivity contribution is -0.121. The molecule has 0 aliphatic carbocycles. The number of hydrogen-bond acceptors (Lipinski definition) is 2. The maximum absolute atomic E-state index is 11.9. The van der Waals surface area contributed by atoms with Gasteiger partial charge in [0.25, 0.3) is 0 Å². The van der Waals surface area contributed by atoms with E-state index in [1.165, 1.54) is 5.56 Å². The van der Waals surface area contributed by atoms with Crippen LogP contribution in [0.15, 0.2) is 36.4 Å². The molecule has 0 unspecified atom stereocenters. The van der Waals surface area contributed by atoms with Crippen LogP contribution in [0.25, 0.3) is 0 Å². The molecule has 1 amide bonds. The molecule has 2 aromatic carbocycles. The fraction of sp³-hybridized carbons (Fsp3) is 0.235. The minimum Gasteiger partial charge on any atom is -0.367 e. The molecule has 0 aromatic heterocycles. The van der Waals surface area contributed by atoms with E-state index < -0.39 is 0 Å². The molecule has 0 fully saturated rings. The first kappa shape index (κ1) is 16.8. The van der Waals surface area contributed by atoms with E-state index in [9.17, 15) is 4.79 Å². The molecular formula is C17H17Cl2NO2. The standard InChI is InChI=1S/C17H17Cl2NO2/c1-11-3-4-13(12(2)7-11)9-22-10-17(21)20-16-6-5-14(18)8-15(16)19/h3-8H,9-10H2,1-2H3,(H,20,21). The highest BCUT2D eigenvalue weighted by Gasteiger charge is 2.07. The van der Waals surface area contributed by atoms with E-state index in [0.29, 0.717) is 22.3 Å². The number of anilines is 1. The van der Waals surface area contributed by atoms with Crippen molar-refractivity contribution in [2.45, 2.75) is 20.5 Å². The normalized spacial score (nSPS) is 10.5. The van der Waals surface area contributed by atoms with Gasteiger partial charge in [-0.05, 0) is 43.2 Å². The van der Waals surface area contributed by atoms with Crippen molar-refractivity contribution < 1.29 is 9.53 Å². The van der Waals surface area contributed by atoms with Gasteiger partial charge in [0, 0.05) is 5.02 Å². The van der Waals surface area contributed by atoms with E-state index in [4.69, 9.17) is 27.9 Å². The number of amides is 1. The Kier molecular flexibility index (Phi) is 5.83. The SMILES string of the molecule is Cc1ccc(COCC(=O)Nc2ccc(Cl)cc2Cl)c(C)c1. The summed E-state index contributed by atoms with van der Waals surface area (Å²) in [6, 6.07) is 11.0. The first-order valence-corrected chi connectivity index (χ1v) is 7.60.